The third-order valence-electron chi connectivity index (χ3n) is 1.37. The van der Waals surface area contributed by atoms with Crippen LogP contribution in [0, 0.1) is 0 Å². The van der Waals surface area contributed by atoms with Crippen LogP contribution in [0.5, 0.6) is 0 Å². The summed E-state index contributed by atoms with van der Waals surface area (Å²) in [7, 11) is 0. The molecule has 0 aromatic carbocycles. The van der Waals surface area contributed by atoms with Gasteiger partial charge < -0.3 is 14.2 Å². The second kappa shape index (κ2) is 7.51. The summed E-state index contributed by atoms with van der Waals surface area (Å²) in [6.45, 7) is 6.19. The standard InChI is InChI=1S/C10H17F3O3/c1-10(2,3)16-7-5-14-4-6-15-9(13)8(11)12/h4-7H2,1-3H3. The van der Waals surface area contributed by atoms with Crippen LogP contribution in [-0.2, 0) is 14.2 Å². The van der Waals surface area contributed by atoms with Crippen LogP contribution in [0.15, 0.2) is 12.1 Å². The van der Waals surface area contributed by atoms with E-state index in [-0.39, 0.29) is 18.8 Å². The fraction of sp³-hybridized carbons (Fsp3) is 0.800. The van der Waals surface area contributed by atoms with Crippen molar-refractivity contribution in [1.29, 1.82) is 0 Å². The zero-order chi connectivity index (χ0) is 12.6. The first-order valence-electron chi connectivity index (χ1n) is 4.88. The fourth-order valence-electron chi connectivity index (χ4n) is 0.754. The van der Waals surface area contributed by atoms with Gasteiger partial charge in [-0.15, -0.1) is 0 Å². The summed E-state index contributed by atoms with van der Waals surface area (Å²) in [5.41, 5.74) is -0.244. The first kappa shape index (κ1) is 15.2. The lowest BCUT2D eigenvalue weighted by molar-refractivity contribution is -0.0418. The van der Waals surface area contributed by atoms with Gasteiger partial charge in [-0.25, -0.2) is 0 Å². The summed E-state index contributed by atoms with van der Waals surface area (Å²) in [5.74, 6) is 0. The van der Waals surface area contributed by atoms with Gasteiger partial charge in [0.25, 0.3) is 0 Å². The molecule has 0 spiro atoms. The predicted molar refractivity (Wildman–Crippen MR) is 52.8 cm³/mol. The van der Waals surface area contributed by atoms with Crippen LogP contribution in [0.25, 0.3) is 0 Å². The minimum atomic E-state index is -2.46. The molecule has 0 radical (unpaired) electrons. The van der Waals surface area contributed by atoms with Crippen molar-refractivity contribution >= 4 is 0 Å². The molecule has 3 nitrogen and oxygen atoms in total. The molecule has 0 N–H and O–H groups in total. The molecular weight excluding hydrogens is 225 g/mol. The highest BCUT2D eigenvalue weighted by molar-refractivity contribution is 4.80. The molecule has 0 aliphatic carbocycles. The molecule has 0 bridgehead atoms. The first-order valence-corrected chi connectivity index (χ1v) is 4.88. The molecule has 0 heterocycles. The Labute approximate surface area is 93.2 Å². The Bertz CT molecular complexity index is 220. The van der Waals surface area contributed by atoms with Gasteiger partial charge in [0, 0.05) is 0 Å². The highest BCUT2D eigenvalue weighted by atomic mass is 19.3. The second-order valence-corrected chi connectivity index (χ2v) is 3.96. The lowest BCUT2D eigenvalue weighted by Gasteiger charge is -2.19. The van der Waals surface area contributed by atoms with E-state index in [0.717, 1.165) is 0 Å². The lowest BCUT2D eigenvalue weighted by Crippen LogP contribution is -2.22. The molecule has 96 valence electrons. The number of hydrogen-bond acceptors (Lipinski definition) is 3. The Kier molecular flexibility index (Phi) is 7.16. The van der Waals surface area contributed by atoms with E-state index in [1.54, 1.807) is 0 Å². The topological polar surface area (TPSA) is 27.7 Å². The summed E-state index contributed by atoms with van der Waals surface area (Å²) in [6.07, 6.45) is -2.46. The van der Waals surface area contributed by atoms with E-state index < -0.39 is 12.1 Å². The number of rotatable bonds is 7. The van der Waals surface area contributed by atoms with Crippen molar-refractivity contribution in [2.24, 2.45) is 0 Å². The Balaban J connectivity index is 3.32. The van der Waals surface area contributed by atoms with Crippen LogP contribution in [0.3, 0.4) is 0 Å². The summed E-state index contributed by atoms with van der Waals surface area (Å²) in [5, 5.41) is 0. The highest BCUT2D eigenvalue weighted by Gasteiger charge is 2.09. The van der Waals surface area contributed by atoms with Crippen LogP contribution in [0.4, 0.5) is 13.2 Å². The molecule has 0 aliphatic rings. The Morgan fingerprint density at radius 2 is 1.50 bits per heavy atom. The van der Waals surface area contributed by atoms with Gasteiger partial charge in [-0.1, -0.05) is 0 Å². The minimum absolute atomic E-state index is 0.0359. The largest absolute Gasteiger partial charge is 0.465 e. The maximum atomic E-state index is 12.1. The average molecular weight is 242 g/mol. The average Bonchev–Trinajstić information content (AvgIpc) is 2.14. The molecular formula is C10H17F3O3. The van der Waals surface area contributed by atoms with Gasteiger partial charge in [0.15, 0.2) is 0 Å². The molecule has 0 fully saturated rings. The molecule has 0 aromatic heterocycles. The molecule has 16 heavy (non-hydrogen) atoms. The van der Waals surface area contributed by atoms with Crippen LogP contribution < -0.4 is 0 Å². The van der Waals surface area contributed by atoms with Crippen molar-refractivity contribution < 1.29 is 27.4 Å². The highest BCUT2D eigenvalue weighted by Crippen LogP contribution is 2.09. The quantitative estimate of drug-likeness (QED) is 0.507. The van der Waals surface area contributed by atoms with E-state index >= 15 is 0 Å². The molecule has 0 atom stereocenters. The van der Waals surface area contributed by atoms with Crippen molar-refractivity contribution in [3.63, 3.8) is 0 Å². The zero-order valence-electron chi connectivity index (χ0n) is 9.69. The molecule has 0 aliphatic heterocycles. The van der Waals surface area contributed by atoms with Crippen molar-refractivity contribution in [3.05, 3.63) is 12.1 Å². The second-order valence-electron chi connectivity index (χ2n) is 3.96. The normalized spacial score (nSPS) is 11.4. The molecule has 0 saturated carbocycles. The predicted octanol–water partition coefficient (Wildman–Crippen LogP) is 2.87. The smallest absolute Gasteiger partial charge is 0.342 e. The summed E-state index contributed by atoms with van der Waals surface area (Å²) >= 11 is 0. The van der Waals surface area contributed by atoms with Crippen LogP contribution in [0.1, 0.15) is 20.8 Å². The zero-order valence-corrected chi connectivity index (χ0v) is 9.69. The monoisotopic (exact) mass is 242 g/mol. The molecule has 0 rings (SSSR count). The van der Waals surface area contributed by atoms with Crippen molar-refractivity contribution in [2.45, 2.75) is 26.4 Å². The van der Waals surface area contributed by atoms with E-state index in [4.69, 9.17) is 9.47 Å². The van der Waals surface area contributed by atoms with Gasteiger partial charge in [-0.3, -0.25) is 0 Å². The van der Waals surface area contributed by atoms with E-state index in [9.17, 15) is 13.2 Å². The van der Waals surface area contributed by atoms with E-state index in [1.807, 2.05) is 20.8 Å². The molecule has 0 unspecified atom stereocenters. The summed E-state index contributed by atoms with van der Waals surface area (Å²) in [4.78, 5) is 0. The molecule has 0 amide bonds. The first-order chi connectivity index (χ1) is 7.33. The van der Waals surface area contributed by atoms with Crippen LogP contribution >= 0.6 is 0 Å². The maximum Gasteiger partial charge on any atom is 0.342 e. The molecule has 0 saturated heterocycles. The van der Waals surface area contributed by atoms with E-state index in [2.05, 4.69) is 4.74 Å². The number of halogens is 3. The molecule has 0 aromatic rings. The van der Waals surface area contributed by atoms with Gasteiger partial charge in [0.2, 0.25) is 0 Å². The van der Waals surface area contributed by atoms with Gasteiger partial charge in [-0.2, -0.15) is 13.2 Å². The SMILES string of the molecule is CC(C)(C)OCCOCCOC(F)=C(F)F. The van der Waals surface area contributed by atoms with E-state index in [1.165, 1.54) is 0 Å². The van der Waals surface area contributed by atoms with E-state index in [0.29, 0.717) is 13.2 Å². The Hall–Kier alpha value is -0.750. The van der Waals surface area contributed by atoms with Crippen LogP contribution in [0.2, 0.25) is 0 Å². The van der Waals surface area contributed by atoms with Crippen molar-refractivity contribution in [1.82, 2.24) is 0 Å². The van der Waals surface area contributed by atoms with Crippen molar-refractivity contribution in [2.75, 3.05) is 26.4 Å². The van der Waals surface area contributed by atoms with Gasteiger partial charge in [0.1, 0.15) is 6.61 Å². The Morgan fingerprint density at radius 3 is 2.00 bits per heavy atom. The number of hydrogen-bond donors (Lipinski definition) is 0. The maximum absolute atomic E-state index is 12.1. The summed E-state index contributed by atoms with van der Waals surface area (Å²) < 4.78 is 49.4. The minimum Gasteiger partial charge on any atom is -0.465 e. The lowest BCUT2D eigenvalue weighted by atomic mass is 10.2. The number of ether oxygens (including phenoxy) is 3. The van der Waals surface area contributed by atoms with Gasteiger partial charge in [0.05, 0.1) is 25.4 Å². The fourth-order valence-corrected chi connectivity index (χ4v) is 0.754. The van der Waals surface area contributed by atoms with Crippen molar-refractivity contribution in [3.8, 4) is 0 Å². The van der Waals surface area contributed by atoms with Gasteiger partial charge in [-0.05, 0) is 20.8 Å². The molecule has 6 heteroatoms. The third-order valence-corrected chi connectivity index (χ3v) is 1.37. The van der Waals surface area contributed by atoms with Gasteiger partial charge >= 0.3 is 12.1 Å². The summed E-state index contributed by atoms with van der Waals surface area (Å²) in [6, 6.07) is -1.85. The third kappa shape index (κ3) is 9.79. The Morgan fingerprint density at radius 1 is 0.938 bits per heavy atom. The van der Waals surface area contributed by atoms with Crippen LogP contribution in [-0.4, -0.2) is 32.0 Å².